The van der Waals surface area contributed by atoms with E-state index in [9.17, 15) is 4.79 Å². The van der Waals surface area contributed by atoms with E-state index < -0.39 is 0 Å². The molecule has 0 radical (unpaired) electrons. The van der Waals surface area contributed by atoms with Gasteiger partial charge in [-0.25, -0.2) is 0 Å². The maximum absolute atomic E-state index is 12.5. The number of hydrogen-bond donors (Lipinski definition) is 0. The van der Waals surface area contributed by atoms with Gasteiger partial charge in [0.25, 0.3) is 0 Å². The zero-order chi connectivity index (χ0) is 17.1. The van der Waals surface area contributed by atoms with E-state index in [0.29, 0.717) is 26.8 Å². The monoisotopic (exact) mass is 372 g/mol. The van der Waals surface area contributed by atoms with Crippen LogP contribution >= 0.6 is 35.6 Å². The number of halogens is 1. The molecule has 2 aromatic carbocycles. The molecule has 0 aliphatic carbocycles. The lowest BCUT2D eigenvalue weighted by molar-refractivity contribution is -0.107. The largest absolute Gasteiger partial charge is 0.489 e. The Balaban J connectivity index is 1.90. The first-order chi connectivity index (χ1) is 11.6. The van der Waals surface area contributed by atoms with Gasteiger partial charge in [-0.3, -0.25) is 4.79 Å². The molecular weight excluding hydrogens is 360 g/mol. The van der Waals surface area contributed by atoms with Crippen LogP contribution in [0.3, 0.4) is 0 Å². The van der Waals surface area contributed by atoms with Crippen LogP contribution < -0.4 is 4.74 Å². The third-order valence-electron chi connectivity index (χ3n) is 3.54. The van der Waals surface area contributed by atoms with E-state index in [1.165, 1.54) is 11.8 Å². The van der Waals surface area contributed by atoms with Crippen molar-refractivity contribution < 1.29 is 9.53 Å². The van der Waals surface area contributed by atoms with Crippen molar-refractivity contribution in [3.05, 3.63) is 82.9 Å². The average Bonchev–Trinajstić information content (AvgIpc) is 2.59. The summed E-state index contributed by atoms with van der Waals surface area (Å²) >= 11 is 12.6. The molecule has 120 valence electrons. The predicted molar refractivity (Wildman–Crippen MR) is 103 cm³/mol. The van der Waals surface area contributed by atoms with Gasteiger partial charge >= 0.3 is 0 Å². The Labute approximate surface area is 155 Å². The lowest BCUT2D eigenvalue weighted by Gasteiger charge is -2.20. The number of benzene rings is 2. The molecule has 1 aliphatic rings. The van der Waals surface area contributed by atoms with E-state index in [2.05, 4.69) is 6.58 Å². The third-order valence-corrected chi connectivity index (χ3v) is 5.18. The fourth-order valence-electron chi connectivity index (χ4n) is 2.32. The van der Waals surface area contributed by atoms with Crippen molar-refractivity contribution in [2.24, 2.45) is 0 Å². The van der Waals surface area contributed by atoms with Crippen LogP contribution in [0.1, 0.15) is 5.56 Å². The SMILES string of the molecule is C=C/C(COc1ccc(Cl)cc1)=C1/C(=O)Sc2ccccc2C1=S. The lowest BCUT2D eigenvalue weighted by atomic mass is 10.00. The smallest absolute Gasteiger partial charge is 0.226 e. The number of carbonyl (C=O) groups excluding carboxylic acids is 1. The quantitative estimate of drug-likeness (QED) is 0.540. The Morgan fingerprint density at radius 2 is 1.92 bits per heavy atom. The zero-order valence-electron chi connectivity index (χ0n) is 12.6. The number of fused-ring (bicyclic) bond motifs is 1. The minimum Gasteiger partial charge on any atom is -0.489 e. The second kappa shape index (κ2) is 7.34. The predicted octanol–water partition coefficient (Wildman–Crippen LogP) is 5.25. The Morgan fingerprint density at radius 1 is 1.21 bits per heavy atom. The molecule has 0 fully saturated rings. The fraction of sp³-hybridized carbons (Fsp3) is 0.0526. The maximum atomic E-state index is 12.5. The summed E-state index contributed by atoms with van der Waals surface area (Å²) in [6.07, 6.45) is 1.63. The molecule has 2 aromatic rings. The molecule has 24 heavy (non-hydrogen) atoms. The van der Waals surface area contributed by atoms with E-state index in [-0.39, 0.29) is 11.7 Å². The molecule has 0 aromatic heterocycles. The van der Waals surface area contributed by atoms with Crippen LogP contribution in [0.25, 0.3) is 0 Å². The summed E-state index contributed by atoms with van der Waals surface area (Å²) in [5.41, 5.74) is 2.08. The number of thiocarbonyl (C=S) groups is 1. The van der Waals surface area contributed by atoms with E-state index >= 15 is 0 Å². The molecule has 0 atom stereocenters. The van der Waals surface area contributed by atoms with Crippen molar-refractivity contribution in [2.45, 2.75) is 4.90 Å². The topological polar surface area (TPSA) is 26.3 Å². The van der Waals surface area contributed by atoms with Gasteiger partial charge in [0.15, 0.2) is 0 Å². The molecule has 1 aliphatic heterocycles. The third kappa shape index (κ3) is 3.46. The van der Waals surface area contributed by atoms with E-state index in [0.717, 1.165) is 10.5 Å². The second-order valence-corrected chi connectivity index (χ2v) is 6.92. The summed E-state index contributed by atoms with van der Waals surface area (Å²) in [6.45, 7) is 4.02. The highest BCUT2D eigenvalue weighted by Crippen LogP contribution is 2.36. The van der Waals surface area contributed by atoms with Crippen LogP contribution in [0, 0.1) is 0 Å². The second-order valence-electron chi connectivity index (χ2n) is 5.06. The standard InChI is InChI=1S/C19H13ClO2S2/c1-2-12(11-22-14-9-7-13(20)8-10-14)17-18(23)15-5-3-4-6-16(15)24-19(17)21/h2-10H,1,11H2/b17-12-. The Bertz CT molecular complexity index is 854. The first-order valence-electron chi connectivity index (χ1n) is 7.20. The van der Waals surface area contributed by atoms with Gasteiger partial charge in [-0.2, -0.15) is 0 Å². The number of carbonyl (C=O) groups is 1. The maximum Gasteiger partial charge on any atom is 0.226 e. The molecule has 0 unspecified atom stereocenters. The summed E-state index contributed by atoms with van der Waals surface area (Å²) in [5, 5.41) is 0.564. The van der Waals surface area contributed by atoms with Crippen LogP contribution in [-0.4, -0.2) is 16.6 Å². The van der Waals surface area contributed by atoms with Crippen LogP contribution in [0.4, 0.5) is 0 Å². The Hall–Kier alpha value is -1.88. The van der Waals surface area contributed by atoms with Gasteiger partial charge in [-0.05, 0) is 42.1 Å². The molecule has 2 nitrogen and oxygen atoms in total. The van der Waals surface area contributed by atoms with Gasteiger partial charge < -0.3 is 4.74 Å². The molecule has 0 bridgehead atoms. The highest BCUT2D eigenvalue weighted by Gasteiger charge is 2.28. The van der Waals surface area contributed by atoms with Crippen LogP contribution in [0.5, 0.6) is 5.75 Å². The van der Waals surface area contributed by atoms with Gasteiger partial charge in [0, 0.05) is 21.1 Å². The minimum atomic E-state index is -0.0756. The molecule has 1 heterocycles. The first kappa shape index (κ1) is 17.0. The summed E-state index contributed by atoms with van der Waals surface area (Å²) in [6, 6.07) is 14.7. The van der Waals surface area contributed by atoms with Crippen molar-refractivity contribution in [1.29, 1.82) is 0 Å². The van der Waals surface area contributed by atoms with Crippen molar-refractivity contribution in [2.75, 3.05) is 6.61 Å². The normalized spacial score (nSPS) is 15.7. The van der Waals surface area contributed by atoms with Gasteiger partial charge in [0.2, 0.25) is 5.12 Å². The van der Waals surface area contributed by atoms with E-state index in [1.54, 1.807) is 30.3 Å². The number of rotatable bonds is 4. The highest BCUT2D eigenvalue weighted by atomic mass is 35.5. The van der Waals surface area contributed by atoms with Crippen LogP contribution in [0.2, 0.25) is 5.02 Å². The number of ether oxygens (including phenoxy) is 1. The molecule has 5 heteroatoms. The summed E-state index contributed by atoms with van der Waals surface area (Å²) in [5.74, 6) is 0.668. The average molecular weight is 373 g/mol. The highest BCUT2D eigenvalue weighted by molar-refractivity contribution is 8.14. The molecule has 0 saturated heterocycles. The number of thioether (sulfide) groups is 1. The number of hydrogen-bond acceptors (Lipinski definition) is 4. The summed E-state index contributed by atoms with van der Waals surface area (Å²) in [7, 11) is 0. The van der Waals surface area contributed by atoms with Crippen molar-refractivity contribution in [1.82, 2.24) is 0 Å². The van der Waals surface area contributed by atoms with Crippen molar-refractivity contribution >= 4 is 45.6 Å². The van der Waals surface area contributed by atoms with Gasteiger partial charge in [0.05, 0.1) is 10.4 Å². The Morgan fingerprint density at radius 3 is 2.62 bits per heavy atom. The zero-order valence-corrected chi connectivity index (χ0v) is 15.0. The van der Waals surface area contributed by atoms with E-state index in [4.69, 9.17) is 28.6 Å². The molecule has 0 N–H and O–H groups in total. The molecule has 3 rings (SSSR count). The summed E-state index contributed by atoms with van der Waals surface area (Å²) < 4.78 is 5.74. The minimum absolute atomic E-state index is 0.0756. The van der Waals surface area contributed by atoms with Crippen molar-refractivity contribution in [3.8, 4) is 5.75 Å². The van der Waals surface area contributed by atoms with Crippen LogP contribution in [-0.2, 0) is 4.79 Å². The van der Waals surface area contributed by atoms with Crippen LogP contribution in [0.15, 0.2) is 77.2 Å². The van der Waals surface area contributed by atoms with Gasteiger partial charge in [-0.15, -0.1) is 0 Å². The van der Waals surface area contributed by atoms with Gasteiger partial charge in [0.1, 0.15) is 12.4 Å². The molecule has 0 saturated carbocycles. The fourth-order valence-corrected chi connectivity index (χ4v) is 3.94. The Kier molecular flexibility index (Phi) is 5.19. The van der Waals surface area contributed by atoms with Gasteiger partial charge in [-0.1, -0.05) is 54.7 Å². The molecular formula is C19H13ClO2S2. The summed E-state index contributed by atoms with van der Waals surface area (Å²) in [4.78, 5) is 14.0. The molecule has 0 spiro atoms. The van der Waals surface area contributed by atoms with Crippen molar-refractivity contribution in [3.63, 3.8) is 0 Å². The lowest BCUT2D eigenvalue weighted by Crippen LogP contribution is -2.20. The first-order valence-corrected chi connectivity index (χ1v) is 8.80. The van der Waals surface area contributed by atoms with E-state index in [1.807, 2.05) is 24.3 Å². The molecule has 0 amide bonds.